The van der Waals surface area contributed by atoms with Gasteiger partial charge in [-0.3, -0.25) is 4.90 Å². The number of nitrogens with two attached hydrogens (primary N) is 1. The van der Waals surface area contributed by atoms with E-state index in [-0.39, 0.29) is 0 Å². The summed E-state index contributed by atoms with van der Waals surface area (Å²) < 4.78 is 0. The smallest absolute Gasteiger partial charge is 0.185 e. The van der Waals surface area contributed by atoms with E-state index >= 15 is 0 Å². The third-order valence-electron chi connectivity index (χ3n) is 3.54. The molecule has 1 atom stereocenters. The van der Waals surface area contributed by atoms with Gasteiger partial charge in [0.15, 0.2) is 5.13 Å². The van der Waals surface area contributed by atoms with Gasteiger partial charge in [-0.2, -0.15) is 0 Å². The van der Waals surface area contributed by atoms with Gasteiger partial charge in [-0.05, 0) is 12.3 Å². The highest BCUT2D eigenvalue weighted by Gasteiger charge is 2.24. The number of piperazine rings is 1. The molecule has 0 amide bonds. The second-order valence-corrected chi connectivity index (χ2v) is 6.23. The number of hydrogen-bond acceptors (Lipinski definition) is 5. The second-order valence-electron chi connectivity index (χ2n) is 5.36. The van der Waals surface area contributed by atoms with Gasteiger partial charge in [-0.15, -0.1) is 11.3 Å². The van der Waals surface area contributed by atoms with E-state index in [0.29, 0.717) is 6.04 Å². The van der Waals surface area contributed by atoms with E-state index in [1.165, 1.54) is 6.42 Å². The molecule has 102 valence electrons. The predicted molar refractivity (Wildman–Crippen MR) is 78.2 cm³/mol. The highest BCUT2D eigenvalue weighted by Crippen LogP contribution is 2.20. The van der Waals surface area contributed by atoms with Gasteiger partial charge in [0.25, 0.3) is 0 Å². The van der Waals surface area contributed by atoms with Crippen LogP contribution in [0, 0.1) is 5.92 Å². The summed E-state index contributed by atoms with van der Waals surface area (Å²) in [4.78, 5) is 9.30. The molecule has 1 saturated heterocycles. The number of nitrogens with zero attached hydrogens (tertiary/aromatic N) is 3. The number of rotatable bonds is 5. The first-order valence-corrected chi connectivity index (χ1v) is 7.67. The Balaban J connectivity index is 1.85. The van der Waals surface area contributed by atoms with Crippen molar-refractivity contribution in [1.29, 1.82) is 0 Å². The van der Waals surface area contributed by atoms with Crippen LogP contribution in [0.5, 0.6) is 0 Å². The van der Waals surface area contributed by atoms with Gasteiger partial charge in [0.1, 0.15) is 0 Å². The predicted octanol–water partition coefficient (Wildman–Crippen LogP) is 1.64. The molecule has 2 heterocycles. The molecule has 0 saturated carbocycles. The zero-order valence-corrected chi connectivity index (χ0v) is 12.2. The summed E-state index contributed by atoms with van der Waals surface area (Å²) in [6.45, 7) is 9.67. The van der Waals surface area contributed by atoms with Crippen LogP contribution < -0.4 is 10.6 Å². The number of hydrogen-bond donors (Lipinski definition) is 1. The topological polar surface area (TPSA) is 45.4 Å². The van der Waals surface area contributed by atoms with E-state index in [0.717, 1.165) is 43.8 Å². The molecule has 1 aromatic rings. The second kappa shape index (κ2) is 6.50. The summed E-state index contributed by atoms with van der Waals surface area (Å²) in [5.41, 5.74) is 5.92. The van der Waals surface area contributed by atoms with Gasteiger partial charge in [0.2, 0.25) is 0 Å². The Morgan fingerprint density at radius 1 is 1.33 bits per heavy atom. The molecule has 0 aliphatic carbocycles. The fourth-order valence-corrected chi connectivity index (χ4v) is 3.29. The van der Waals surface area contributed by atoms with E-state index < -0.39 is 0 Å². The Bertz CT molecular complexity index is 331. The van der Waals surface area contributed by atoms with Crippen LogP contribution in [0.2, 0.25) is 0 Å². The van der Waals surface area contributed by atoms with Crippen LogP contribution in [0.1, 0.15) is 20.3 Å². The first kappa shape index (κ1) is 13.8. The molecule has 18 heavy (non-hydrogen) atoms. The minimum absolute atomic E-state index is 0.545. The molecule has 1 aromatic heterocycles. The van der Waals surface area contributed by atoms with E-state index in [1.54, 1.807) is 11.3 Å². The normalized spacial score (nSPS) is 19.4. The van der Waals surface area contributed by atoms with Crippen molar-refractivity contribution < 1.29 is 0 Å². The number of thiazole rings is 1. The molecule has 2 N–H and O–H groups in total. The maximum absolute atomic E-state index is 5.92. The van der Waals surface area contributed by atoms with Gasteiger partial charge >= 0.3 is 0 Å². The summed E-state index contributed by atoms with van der Waals surface area (Å²) in [6.07, 6.45) is 3.08. The molecule has 1 fully saturated rings. The molecule has 4 nitrogen and oxygen atoms in total. The lowest BCUT2D eigenvalue weighted by atomic mass is 10.0. The van der Waals surface area contributed by atoms with Crippen molar-refractivity contribution in [2.24, 2.45) is 11.7 Å². The molecular weight excluding hydrogens is 244 g/mol. The summed E-state index contributed by atoms with van der Waals surface area (Å²) in [5, 5.41) is 3.20. The van der Waals surface area contributed by atoms with Gasteiger partial charge in [0.05, 0.1) is 0 Å². The van der Waals surface area contributed by atoms with E-state index in [1.807, 2.05) is 11.6 Å². The van der Waals surface area contributed by atoms with Gasteiger partial charge in [-0.25, -0.2) is 4.98 Å². The molecule has 1 unspecified atom stereocenters. The number of anilines is 1. The third-order valence-corrected chi connectivity index (χ3v) is 4.37. The lowest BCUT2D eigenvalue weighted by Crippen LogP contribution is -2.52. The minimum atomic E-state index is 0.545. The summed E-state index contributed by atoms with van der Waals surface area (Å²) >= 11 is 1.73. The number of aromatic nitrogens is 1. The molecule has 1 aliphatic heterocycles. The van der Waals surface area contributed by atoms with Crippen molar-refractivity contribution >= 4 is 16.5 Å². The van der Waals surface area contributed by atoms with Crippen LogP contribution in [-0.4, -0.2) is 48.6 Å². The van der Waals surface area contributed by atoms with Gasteiger partial charge in [-0.1, -0.05) is 13.8 Å². The quantitative estimate of drug-likeness (QED) is 0.882. The Morgan fingerprint density at radius 3 is 2.56 bits per heavy atom. The first-order valence-electron chi connectivity index (χ1n) is 6.79. The molecular formula is C13H24N4S. The lowest BCUT2D eigenvalue weighted by Gasteiger charge is -2.39. The van der Waals surface area contributed by atoms with Crippen molar-refractivity contribution in [3.8, 4) is 0 Å². The van der Waals surface area contributed by atoms with Crippen LogP contribution in [0.15, 0.2) is 11.6 Å². The summed E-state index contributed by atoms with van der Waals surface area (Å²) in [7, 11) is 0. The van der Waals surface area contributed by atoms with Crippen molar-refractivity contribution in [2.75, 3.05) is 37.6 Å². The molecule has 0 bridgehead atoms. The Labute approximate surface area is 114 Å². The van der Waals surface area contributed by atoms with Crippen molar-refractivity contribution in [3.63, 3.8) is 0 Å². The van der Waals surface area contributed by atoms with Crippen LogP contribution in [0.25, 0.3) is 0 Å². The Kier molecular flexibility index (Phi) is 4.97. The SMILES string of the molecule is CC(C)CC(CN)N1CCN(c2nccs2)CC1. The average molecular weight is 268 g/mol. The van der Waals surface area contributed by atoms with E-state index in [9.17, 15) is 0 Å². The molecule has 0 aromatic carbocycles. The Hall–Kier alpha value is -0.650. The fourth-order valence-electron chi connectivity index (χ4n) is 2.59. The maximum atomic E-state index is 5.92. The Morgan fingerprint density at radius 2 is 2.06 bits per heavy atom. The molecule has 2 rings (SSSR count). The van der Waals surface area contributed by atoms with Gasteiger partial charge in [0, 0.05) is 50.3 Å². The summed E-state index contributed by atoms with van der Waals surface area (Å²) in [5.74, 6) is 0.718. The largest absolute Gasteiger partial charge is 0.346 e. The third kappa shape index (κ3) is 3.43. The fraction of sp³-hybridized carbons (Fsp3) is 0.769. The molecule has 0 radical (unpaired) electrons. The van der Waals surface area contributed by atoms with E-state index in [2.05, 4.69) is 28.6 Å². The van der Waals surface area contributed by atoms with E-state index in [4.69, 9.17) is 5.73 Å². The van der Waals surface area contributed by atoms with Crippen LogP contribution >= 0.6 is 11.3 Å². The maximum Gasteiger partial charge on any atom is 0.185 e. The van der Waals surface area contributed by atoms with Crippen LogP contribution in [0.4, 0.5) is 5.13 Å². The highest BCUT2D eigenvalue weighted by atomic mass is 32.1. The van der Waals surface area contributed by atoms with Crippen molar-refractivity contribution in [2.45, 2.75) is 26.3 Å². The standard InChI is InChI=1S/C13H24N4S/c1-11(2)9-12(10-14)16-4-6-17(7-5-16)13-15-3-8-18-13/h3,8,11-12H,4-7,9-10,14H2,1-2H3. The lowest BCUT2D eigenvalue weighted by molar-refractivity contribution is 0.168. The average Bonchev–Trinajstić information content (AvgIpc) is 2.90. The zero-order chi connectivity index (χ0) is 13.0. The first-order chi connectivity index (χ1) is 8.70. The molecule has 0 spiro atoms. The summed E-state index contributed by atoms with van der Waals surface area (Å²) in [6, 6.07) is 0.545. The monoisotopic (exact) mass is 268 g/mol. The van der Waals surface area contributed by atoms with Gasteiger partial charge < -0.3 is 10.6 Å². The zero-order valence-electron chi connectivity index (χ0n) is 11.4. The van der Waals surface area contributed by atoms with Crippen LogP contribution in [0.3, 0.4) is 0 Å². The van der Waals surface area contributed by atoms with Crippen molar-refractivity contribution in [1.82, 2.24) is 9.88 Å². The molecule has 5 heteroatoms. The minimum Gasteiger partial charge on any atom is -0.346 e. The highest BCUT2D eigenvalue weighted by molar-refractivity contribution is 7.13. The van der Waals surface area contributed by atoms with Crippen LogP contribution in [-0.2, 0) is 0 Å². The van der Waals surface area contributed by atoms with Crippen molar-refractivity contribution in [3.05, 3.63) is 11.6 Å². The molecule has 1 aliphatic rings.